The van der Waals surface area contributed by atoms with E-state index in [1.807, 2.05) is 53.4 Å². The van der Waals surface area contributed by atoms with Crippen LogP contribution < -0.4 is 21.3 Å². The molecule has 1 saturated heterocycles. The highest BCUT2D eigenvalue weighted by Gasteiger charge is 2.50. The number of carbonyl (C=O) groups is 3. The van der Waals surface area contributed by atoms with Crippen LogP contribution in [0.1, 0.15) is 96.3 Å². The summed E-state index contributed by atoms with van der Waals surface area (Å²) in [6, 6.07) is 17.6. The van der Waals surface area contributed by atoms with E-state index in [0.717, 1.165) is 68.6 Å². The van der Waals surface area contributed by atoms with Gasteiger partial charge in [0.2, 0.25) is 0 Å². The van der Waals surface area contributed by atoms with Crippen molar-refractivity contribution in [2.24, 2.45) is 29.1 Å². The van der Waals surface area contributed by atoms with Crippen molar-refractivity contribution in [2.45, 2.75) is 108 Å². The fraction of sp³-hybridized carbons (Fsp3) is 0.634. The van der Waals surface area contributed by atoms with Crippen molar-refractivity contribution in [1.82, 2.24) is 20.4 Å². The summed E-state index contributed by atoms with van der Waals surface area (Å²) in [6.45, 7) is 3.13. The number of hydrogen-bond donors (Lipinski definition) is 4. The molecule has 2 aromatic rings. The lowest BCUT2D eigenvalue weighted by atomic mass is 9.49. The van der Waals surface area contributed by atoms with E-state index < -0.39 is 12.1 Å². The summed E-state index contributed by atoms with van der Waals surface area (Å²) in [5.74, 6) is 3.38. The first-order valence-corrected chi connectivity index (χ1v) is 19.7. The first kappa shape index (κ1) is 34.8. The quantitative estimate of drug-likeness (QED) is 0.180. The zero-order valence-electron chi connectivity index (χ0n) is 29.8. The number of para-hydroxylation sites is 2. The van der Waals surface area contributed by atoms with Crippen LogP contribution >= 0.6 is 0 Å². The van der Waals surface area contributed by atoms with Crippen molar-refractivity contribution in [2.75, 3.05) is 36.8 Å². The maximum Gasteiger partial charge on any atom is 0.327 e. The van der Waals surface area contributed by atoms with Gasteiger partial charge in [0.25, 0.3) is 0 Å². The van der Waals surface area contributed by atoms with Crippen LogP contribution in [0.2, 0.25) is 0 Å². The number of imide groups is 1. The van der Waals surface area contributed by atoms with Gasteiger partial charge >= 0.3 is 18.1 Å². The number of amides is 6. The number of carbonyl (C=O) groups excluding carboxylic acids is 3. The van der Waals surface area contributed by atoms with Gasteiger partial charge in [0.1, 0.15) is 0 Å². The van der Waals surface area contributed by atoms with Crippen molar-refractivity contribution in [1.29, 1.82) is 0 Å². The summed E-state index contributed by atoms with van der Waals surface area (Å²) >= 11 is 0. The highest BCUT2D eigenvalue weighted by Crippen LogP contribution is 2.61. The first-order valence-electron chi connectivity index (χ1n) is 19.7. The van der Waals surface area contributed by atoms with Crippen molar-refractivity contribution in [3.05, 3.63) is 60.7 Å². The minimum Gasteiger partial charge on any atom is -0.336 e. The fourth-order valence-electron chi connectivity index (χ4n) is 10.9. The van der Waals surface area contributed by atoms with Gasteiger partial charge in [-0.3, -0.25) is 10.2 Å². The Labute approximate surface area is 298 Å². The third-order valence-electron chi connectivity index (χ3n) is 12.8. The van der Waals surface area contributed by atoms with Crippen LogP contribution in [0.4, 0.5) is 25.8 Å². The van der Waals surface area contributed by atoms with Crippen molar-refractivity contribution < 1.29 is 14.4 Å². The number of benzene rings is 2. The van der Waals surface area contributed by atoms with Crippen molar-refractivity contribution >= 4 is 29.5 Å². The molecular formula is C41H58N6O3. The summed E-state index contributed by atoms with van der Waals surface area (Å²) in [6.07, 6.45) is 19.1. The largest absolute Gasteiger partial charge is 0.336 e. The van der Waals surface area contributed by atoms with Gasteiger partial charge in [-0.2, -0.15) is 0 Å². The number of hydrogen-bond acceptors (Lipinski definition) is 4. The van der Waals surface area contributed by atoms with E-state index in [2.05, 4.69) is 26.2 Å². The van der Waals surface area contributed by atoms with E-state index in [4.69, 9.17) is 0 Å². The highest BCUT2D eigenvalue weighted by molar-refractivity contribution is 6.00. The van der Waals surface area contributed by atoms with Crippen LogP contribution in [-0.4, -0.2) is 66.2 Å². The normalized spacial score (nSPS) is 28.2. The standard InChI is InChI=1S/C41H58N6O3/c48-38(45-39(49)43-34-13-6-2-7-14-34)42-28-37(24-30-11-4-1-5-12-30)47(40(50)44-35-15-8-3-9-16-35)29-36-17-10-19-46(36)20-18-41-25-31-21-32(26-41)23-33(22-31)27-41/h2-3,6-9,13-16,30-33,36-37H,1,4-5,10-12,17-29H2,(H,44,50)(H3,42,43,45,48,49)/t31?,32?,33?,36-,37-,41?/m1/s1. The molecule has 5 saturated carbocycles. The van der Waals surface area contributed by atoms with Gasteiger partial charge in [-0.1, -0.05) is 68.5 Å². The number of rotatable bonds is 12. The number of urea groups is 3. The molecule has 4 N–H and O–H groups in total. The van der Waals surface area contributed by atoms with Crippen LogP contribution in [-0.2, 0) is 0 Å². The second-order valence-electron chi connectivity index (χ2n) is 16.5. The summed E-state index contributed by atoms with van der Waals surface area (Å²) in [5.41, 5.74) is 1.92. The van der Waals surface area contributed by atoms with Gasteiger partial charge in [-0.15, -0.1) is 0 Å². The molecule has 5 aliphatic carbocycles. The molecule has 2 aromatic carbocycles. The van der Waals surface area contributed by atoms with E-state index in [9.17, 15) is 14.4 Å². The SMILES string of the molecule is O=C(NC[C@@H](CC1CCCCC1)N(C[C@H]1CCCN1CCC12CC3CC(CC(C3)C1)C2)C(=O)Nc1ccccc1)NC(=O)Nc1ccccc1. The predicted octanol–water partition coefficient (Wildman–Crippen LogP) is 8.46. The number of nitrogens with zero attached hydrogens (tertiary/aromatic N) is 2. The third-order valence-corrected chi connectivity index (χ3v) is 12.8. The maximum atomic E-state index is 14.3. The molecule has 6 fully saturated rings. The minimum absolute atomic E-state index is 0.117. The molecule has 0 unspecified atom stereocenters. The molecule has 0 spiro atoms. The van der Waals surface area contributed by atoms with E-state index >= 15 is 0 Å². The van der Waals surface area contributed by atoms with Gasteiger partial charge in [0.05, 0.1) is 6.04 Å². The average Bonchev–Trinajstić information content (AvgIpc) is 3.56. The average molecular weight is 683 g/mol. The van der Waals surface area contributed by atoms with Gasteiger partial charge < -0.3 is 20.9 Å². The molecule has 270 valence electrons. The van der Waals surface area contributed by atoms with E-state index in [1.165, 1.54) is 64.2 Å². The van der Waals surface area contributed by atoms with Gasteiger partial charge in [0.15, 0.2) is 0 Å². The lowest BCUT2D eigenvalue weighted by molar-refractivity contribution is -0.0616. The smallest absolute Gasteiger partial charge is 0.327 e. The molecule has 6 aliphatic rings. The van der Waals surface area contributed by atoms with E-state index in [-0.39, 0.29) is 18.6 Å². The Hall–Kier alpha value is -3.59. The third kappa shape index (κ3) is 9.00. The zero-order chi connectivity index (χ0) is 34.3. The van der Waals surface area contributed by atoms with Crippen LogP contribution in [0.15, 0.2) is 60.7 Å². The topological polar surface area (TPSA) is 106 Å². The van der Waals surface area contributed by atoms with Crippen LogP contribution in [0.5, 0.6) is 0 Å². The molecular weight excluding hydrogens is 624 g/mol. The Morgan fingerprint density at radius 3 is 2.02 bits per heavy atom. The predicted molar refractivity (Wildman–Crippen MR) is 199 cm³/mol. The zero-order valence-corrected chi connectivity index (χ0v) is 29.8. The molecule has 0 radical (unpaired) electrons. The molecule has 6 amide bonds. The summed E-state index contributed by atoms with van der Waals surface area (Å²) in [4.78, 5) is 44.7. The highest BCUT2D eigenvalue weighted by atomic mass is 16.2. The second kappa shape index (κ2) is 16.2. The number of likely N-dealkylation sites (tertiary alicyclic amines) is 1. The summed E-state index contributed by atoms with van der Waals surface area (Å²) in [5, 5.41) is 11.3. The van der Waals surface area contributed by atoms with E-state index in [1.54, 1.807) is 12.1 Å². The molecule has 1 aliphatic heterocycles. The summed E-state index contributed by atoms with van der Waals surface area (Å²) in [7, 11) is 0. The number of anilines is 2. The molecule has 4 bridgehead atoms. The van der Waals surface area contributed by atoms with Crippen LogP contribution in [0.3, 0.4) is 0 Å². The van der Waals surface area contributed by atoms with E-state index in [0.29, 0.717) is 29.6 Å². The van der Waals surface area contributed by atoms with Crippen LogP contribution in [0.25, 0.3) is 0 Å². The minimum atomic E-state index is -0.586. The molecule has 0 aromatic heterocycles. The Morgan fingerprint density at radius 2 is 1.38 bits per heavy atom. The molecule has 50 heavy (non-hydrogen) atoms. The Bertz CT molecular complexity index is 1400. The molecule has 2 atom stereocenters. The lowest BCUT2D eigenvalue weighted by Gasteiger charge is -2.57. The molecule has 8 rings (SSSR count). The maximum absolute atomic E-state index is 14.3. The van der Waals surface area contributed by atoms with Crippen molar-refractivity contribution in [3.63, 3.8) is 0 Å². The Morgan fingerprint density at radius 1 is 0.760 bits per heavy atom. The van der Waals surface area contributed by atoms with Gasteiger partial charge in [-0.05, 0) is 131 Å². The molecule has 1 heterocycles. The lowest BCUT2D eigenvalue weighted by Crippen LogP contribution is -2.55. The second-order valence-corrected chi connectivity index (χ2v) is 16.5. The fourth-order valence-corrected chi connectivity index (χ4v) is 10.9. The van der Waals surface area contributed by atoms with Crippen LogP contribution in [0, 0.1) is 29.1 Å². The monoisotopic (exact) mass is 682 g/mol. The summed E-state index contributed by atoms with van der Waals surface area (Å²) < 4.78 is 0. The Kier molecular flexibility index (Phi) is 11.3. The molecule has 9 heteroatoms. The first-order chi connectivity index (χ1) is 24.4. The van der Waals surface area contributed by atoms with Gasteiger partial charge in [0, 0.05) is 30.5 Å². The Balaban J connectivity index is 1.04. The van der Waals surface area contributed by atoms with Crippen molar-refractivity contribution in [3.8, 4) is 0 Å². The number of nitrogens with one attached hydrogen (secondary N) is 4. The molecule has 9 nitrogen and oxygen atoms in total. The van der Waals surface area contributed by atoms with Gasteiger partial charge in [-0.25, -0.2) is 14.4 Å².